The number of thioether (sulfide) groups is 1. The molecule has 82 valence electrons. The third-order valence-corrected chi connectivity index (χ3v) is 4.55. The van der Waals surface area contributed by atoms with Crippen LogP contribution in [-0.2, 0) is 0 Å². The van der Waals surface area contributed by atoms with Gasteiger partial charge in [-0.3, -0.25) is 4.90 Å². The van der Waals surface area contributed by atoms with E-state index in [1.807, 2.05) is 0 Å². The van der Waals surface area contributed by atoms with Crippen LogP contribution in [0.1, 0.15) is 26.2 Å². The summed E-state index contributed by atoms with van der Waals surface area (Å²) in [5.74, 6) is 2.61. The molecule has 0 aliphatic carbocycles. The van der Waals surface area contributed by atoms with E-state index in [2.05, 4.69) is 28.9 Å². The fourth-order valence-corrected chi connectivity index (χ4v) is 3.55. The number of nitrogens with zero attached hydrogens (tertiary/aromatic N) is 1. The van der Waals surface area contributed by atoms with Crippen LogP contribution in [0.5, 0.6) is 0 Å². The first-order chi connectivity index (χ1) is 6.90. The van der Waals surface area contributed by atoms with Gasteiger partial charge in [-0.05, 0) is 25.8 Å². The Morgan fingerprint density at radius 3 is 3.14 bits per heavy atom. The molecule has 3 heteroatoms. The van der Waals surface area contributed by atoms with Crippen LogP contribution in [0.15, 0.2) is 0 Å². The Morgan fingerprint density at radius 1 is 1.50 bits per heavy atom. The predicted molar refractivity (Wildman–Crippen MR) is 64.0 cm³/mol. The minimum Gasteiger partial charge on any atom is -0.311 e. The molecule has 0 spiro atoms. The van der Waals surface area contributed by atoms with Crippen LogP contribution in [0, 0.1) is 0 Å². The summed E-state index contributed by atoms with van der Waals surface area (Å²) in [6, 6.07) is 1.63. The summed E-state index contributed by atoms with van der Waals surface area (Å²) in [6.07, 6.45) is 4.18. The molecular formula is C11H22N2S. The average molecular weight is 214 g/mol. The zero-order valence-electron chi connectivity index (χ0n) is 9.17. The largest absolute Gasteiger partial charge is 0.311 e. The van der Waals surface area contributed by atoms with Crippen molar-refractivity contribution in [3.63, 3.8) is 0 Å². The maximum atomic E-state index is 3.63. The van der Waals surface area contributed by atoms with Crippen LogP contribution >= 0.6 is 11.8 Å². The zero-order chi connectivity index (χ0) is 9.80. The van der Waals surface area contributed by atoms with Gasteiger partial charge in [0, 0.05) is 36.7 Å². The summed E-state index contributed by atoms with van der Waals surface area (Å²) < 4.78 is 0. The molecule has 2 unspecified atom stereocenters. The summed E-state index contributed by atoms with van der Waals surface area (Å²) in [4.78, 5) is 2.70. The van der Waals surface area contributed by atoms with E-state index in [-0.39, 0.29) is 0 Å². The van der Waals surface area contributed by atoms with Gasteiger partial charge in [-0.25, -0.2) is 0 Å². The van der Waals surface area contributed by atoms with Gasteiger partial charge >= 0.3 is 0 Å². The highest BCUT2D eigenvalue weighted by atomic mass is 32.2. The molecular weight excluding hydrogens is 192 g/mol. The number of likely N-dealkylation sites (tertiary alicyclic amines) is 1. The van der Waals surface area contributed by atoms with Gasteiger partial charge in [0.25, 0.3) is 0 Å². The van der Waals surface area contributed by atoms with E-state index in [4.69, 9.17) is 0 Å². The van der Waals surface area contributed by atoms with E-state index < -0.39 is 0 Å². The van der Waals surface area contributed by atoms with Crippen molar-refractivity contribution in [1.29, 1.82) is 0 Å². The third kappa shape index (κ3) is 2.65. The smallest absolute Gasteiger partial charge is 0.0286 e. The van der Waals surface area contributed by atoms with Crippen molar-refractivity contribution in [1.82, 2.24) is 10.2 Å². The second-order valence-corrected chi connectivity index (χ2v) is 5.58. The maximum Gasteiger partial charge on any atom is 0.0286 e. The minimum absolute atomic E-state index is 0.751. The fourth-order valence-electron chi connectivity index (χ4n) is 2.62. The quantitative estimate of drug-likeness (QED) is 0.768. The molecule has 1 N–H and O–H groups in total. The molecule has 0 aromatic rings. The fraction of sp³-hybridized carbons (Fsp3) is 1.00. The summed E-state index contributed by atoms with van der Waals surface area (Å²) in [6.45, 7) is 6.15. The Balaban J connectivity index is 1.77. The van der Waals surface area contributed by atoms with Crippen LogP contribution < -0.4 is 5.32 Å². The highest BCUT2D eigenvalue weighted by molar-refractivity contribution is 7.99. The predicted octanol–water partition coefficient (Wildman–Crippen LogP) is 1.57. The van der Waals surface area contributed by atoms with Gasteiger partial charge in [0.15, 0.2) is 0 Å². The number of rotatable bonds is 3. The van der Waals surface area contributed by atoms with E-state index in [9.17, 15) is 0 Å². The summed E-state index contributed by atoms with van der Waals surface area (Å²) in [7, 11) is 0. The van der Waals surface area contributed by atoms with E-state index in [1.165, 1.54) is 50.4 Å². The zero-order valence-corrected chi connectivity index (χ0v) is 9.98. The molecule has 2 atom stereocenters. The lowest BCUT2D eigenvalue weighted by atomic mass is 10.1. The second kappa shape index (κ2) is 5.38. The Kier molecular flexibility index (Phi) is 4.14. The molecule has 0 aromatic heterocycles. The molecule has 2 nitrogen and oxygen atoms in total. The topological polar surface area (TPSA) is 15.3 Å². The Hall–Kier alpha value is 0.270. The van der Waals surface area contributed by atoms with Gasteiger partial charge in [0.2, 0.25) is 0 Å². The molecule has 0 aromatic carbocycles. The monoisotopic (exact) mass is 214 g/mol. The molecule has 2 aliphatic rings. The molecule has 14 heavy (non-hydrogen) atoms. The third-order valence-electron chi connectivity index (χ3n) is 3.42. The lowest BCUT2D eigenvalue weighted by Crippen LogP contribution is -2.47. The lowest BCUT2D eigenvalue weighted by Gasteiger charge is -2.31. The number of nitrogens with one attached hydrogen (secondary N) is 1. The Morgan fingerprint density at radius 2 is 2.43 bits per heavy atom. The van der Waals surface area contributed by atoms with Gasteiger partial charge in [-0.1, -0.05) is 6.92 Å². The van der Waals surface area contributed by atoms with E-state index in [0.29, 0.717) is 0 Å². The van der Waals surface area contributed by atoms with Gasteiger partial charge < -0.3 is 5.32 Å². The first kappa shape index (κ1) is 10.8. The Bertz CT molecular complexity index is 169. The van der Waals surface area contributed by atoms with Gasteiger partial charge in [-0.2, -0.15) is 11.8 Å². The van der Waals surface area contributed by atoms with Crippen LogP contribution in [0.4, 0.5) is 0 Å². The van der Waals surface area contributed by atoms with E-state index in [0.717, 1.165) is 12.1 Å². The first-order valence-corrected chi connectivity index (χ1v) is 7.11. The van der Waals surface area contributed by atoms with Gasteiger partial charge in [-0.15, -0.1) is 0 Å². The molecule has 0 saturated carbocycles. The molecule has 2 heterocycles. The normalized spacial score (nSPS) is 34.9. The number of hydrogen-bond acceptors (Lipinski definition) is 3. The van der Waals surface area contributed by atoms with Crippen molar-refractivity contribution < 1.29 is 0 Å². The van der Waals surface area contributed by atoms with Crippen molar-refractivity contribution in [2.75, 3.05) is 31.1 Å². The number of hydrogen-bond donors (Lipinski definition) is 1. The Labute approximate surface area is 91.8 Å². The van der Waals surface area contributed by atoms with Gasteiger partial charge in [0.1, 0.15) is 0 Å². The van der Waals surface area contributed by atoms with Crippen LogP contribution in [-0.4, -0.2) is 48.1 Å². The maximum absolute atomic E-state index is 3.63. The van der Waals surface area contributed by atoms with Crippen molar-refractivity contribution >= 4 is 11.8 Å². The molecule has 2 saturated heterocycles. The second-order valence-electron chi connectivity index (χ2n) is 4.43. The standard InChI is InChI=1S/C11H22N2S/c1-2-11-4-3-6-13(11)8-10-9-14-7-5-12-10/h10-12H,2-9H2,1H3. The summed E-state index contributed by atoms with van der Waals surface area (Å²) in [5, 5.41) is 3.63. The van der Waals surface area contributed by atoms with Crippen LogP contribution in [0.2, 0.25) is 0 Å². The summed E-state index contributed by atoms with van der Waals surface area (Å²) >= 11 is 2.11. The summed E-state index contributed by atoms with van der Waals surface area (Å²) in [5.41, 5.74) is 0. The molecule has 2 fully saturated rings. The van der Waals surface area contributed by atoms with Crippen LogP contribution in [0.3, 0.4) is 0 Å². The molecule has 2 rings (SSSR count). The highest BCUT2D eigenvalue weighted by Gasteiger charge is 2.25. The van der Waals surface area contributed by atoms with Crippen LogP contribution in [0.25, 0.3) is 0 Å². The SMILES string of the molecule is CCC1CCCN1CC1CSCCN1. The van der Waals surface area contributed by atoms with E-state index in [1.54, 1.807) is 0 Å². The van der Waals surface area contributed by atoms with Crippen molar-refractivity contribution in [3.05, 3.63) is 0 Å². The highest BCUT2D eigenvalue weighted by Crippen LogP contribution is 2.21. The van der Waals surface area contributed by atoms with E-state index >= 15 is 0 Å². The first-order valence-electron chi connectivity index (χ1n) is 5.95. The average Bonchev–Trinajstić information content (AvgIpc) is 2.67. The molecule has 0 radical (unpaired) electrons. The van der Waals surface area contributed by atoms with Crippen molar-refractivity contribution in [2.45, 2.75) is 38.3 Å². The molecule has 0 bridgehead atoms. The molecule has 0 amide bonds. The molecule has 2 aliphatic heterocycles. The minimum atomic E-state index is 0.751. The van der Waals surface area contributed by atoms with Crippen molar-refractivity contribution in [3.8, 4) is 0 Å². The lowest BCUT2D eigenvalue weighted by molar-refractivity contribution is 0.226. The van der Waals surface area contributed by atoms with Gasteiger partial charge in [0.05, 0.1) is 0 Å². The van der Waals surface area contributed by atoms with Crippen molar-refractivity contribution in [2.24, 2.45) is 0 Å².